The third-order valence-electron chi connectivity index (χ3n) is 3.29. The van der Waals surface area contributed by atoms with Crippen LogP contribution >= 0.6 is 0 Å². The van der Waals surface area contributed by atoms with E-state index in [1.807, 2.05) is 30.3 Å². The molecule has 0 radical (unpaired) electrons. The van der Waals surface area contributed by atoms with Crippen LogP contribution in [0.2, 0.25) is 0 Å². The Hall–Kier alpha value is -2.93. The summed E-state index contributed by atoms with van der Waals surface area (Å²) >= 11 is 0. The molecule has 0 aliphatic heterocycles. The highest BCUT2D eigenvalue weighted by Crippen LogP contribution is 2.24. The van der Waals surface area contributed by atoms with Crippen LogP contribution in [0.3, 0.4) is 0 Å². The van der Waals surface area contributed by atoms with Crippen molar-refractivity contribution in [2.45, 2.75) is 6.92 Å². The van der Waals surface area contributed by atoms with E-state index in [-0.39, 0.29) is 5.82 Å². The number of nitriles is 1. The molecule has 1 heterocycles. The van der Waals surface area contributed by atoms with Crippen LogP contribution in [-0.4, -0.2) is 9.78 Å². The molecule has 1 aromatic heterocycles. The van der Waals surface area contributed by atoms with Crippen molar-refractivity contribution in [1.29, 1.82) is 5.26 Å². The Balaban J connectivity index is 2.13. The van der Waals surface area contributed by atoms with Crippen molar-refractivity contribution < 1.29 is 4.39 Å². The van der Waals surface area contributed by atoms with Gasteiger partial charge in [0.2, 0.25) is 0 Å². The minimum Gasteiger partial charge on any atom is -0.239 e. The maximum absolute atomic E-state index is 13.4. The van der Waals surface area contributed by atoms with Crippen molar-refractivity contribution in [1.82, 2.24) is 9.78 Å². The minimum absolute atomic E-state index is 0.264. The lowest BCUT2D eigenvalue weighted by Crippen LogP contribution is -1.94. The van der Waals surface area contributed by atoms with Crippen LogP contribution in [0.5, 0.6) is 0 Å². The number of aromatic nitrogens is 2. The average molecular weight is 277 g/mol. The van der Waals surface area contributed by atoms with E-state index in [2.05, 4.69) is 11.2 Å². The van der Waals surface area contributed by atoms with Gasteiger partial charge >= 0.3 is 0 Å². The normalized spacial score (nSPS) is 10.3. The second-order valence-corrected chi connectivity index (χ2v) is 4.75. The van der Waals surface area contributed by atoms with Crippen molar-refractivity contribution in [3.05, 3.63) is 71.7 Å². The molecule has 0 aliphatic rings. The fourth-order valence-corrected chi connectivity index (χ4v) is 2.17. The van der Waals surface area contributed by atoms with E-state index in [0.29, 0.717) is 16.8 Å². The maximum Gasteiger partial charge on any atom is 0.126 e. The van der Waals surface area contributed by atoms with Gasteiger partial charge in [0.05, 0.1) is 11.3 Å². The second kappa shape index (κ2) is 5.22. The van der Waals surface area contributed by atoms with E-state index < -0.39 is 0 Å². The summed E-state index contributed by atoms with van der Waals surface area (Å²) in [6, 6.07) is 16.4. The number of nitrogens with zero attached hydrogens (tertiary/aromatic N) is 3. The summed E-state index contributed by atoms with van der Waals surface area (Å²) in [7, 11) is 0. The molecule has 21 heavy (non-hydrogen) atoms. The molecular weight excluding hydrogens is 265 g/mol. The third-order valence-corrected chi connectivity index (χ3v) is 3.29. The zero-order valence-corrected chi connectivity index (χ0v) is 11.4. The standard InChI is InChI=1S/C17H12FN3/c1-12-9-13(7-8-16(12)18)17-14(10-19)11-21(20-17)15-5-3-2-4-6-15/h2-9,11H,1H3. The summed E-state index contributed by atoms with van der Waals surface area (Å²) < 4.78 is 15.0. The topological polar surface area (TPSA) is 41.6 Å². The molecule has 0 unspecified atom stereocenters. The molecule has 0 fully saturated rings. The Morgan fingerprint density at radius 1 is 1.14 bits per heavy atom. The van der Waals surface area contributed by atoms with Crippen LogP contribution in [0, 0.1) is 24.1 Å². The number of hydrogen-bond donors (Lipinski definition) is 0. The van der Waals surface area contributed by atoms with Crippen LogP contribution < -0.4 is 0 Å². The van der Waals surface area contributed by atoms with Gasteiger partial charge in [-0.3, -0.25) is 0 Å². The largest absolute Gasteiger partial charge is 0.239 e. The van der Waals surface area contributed by atoms with E-state index in [0.717, 1.165) is 11.3 Å². The van der Waals surface area contributed by atoms with Gasteiger partial charge < -0.3 is 0 Å². The minimum atomic E-state index is -0.264. The van der Waals surface area contributed by atoms with Gasteiger partial charge in [-0.2, -0.15) is 10.4 Å². The lowest BCUT2D eigenvalue weighted by molar-refractivity contribution is 0.618. The summed E-state index contributed by atoms with van der Waals surface area (Å²) in [5.41, 5.74) is 3.17. The molecule has 0 saturated carbocycles. The predicted octanol–water partition coefficient (Wildman–Crippen LogP) is 3.86. The van der Waals surface area contributed by atoms with E-state index in [1.165, 1.54) is 6.07 Å². The number of aryl methyl sites for hydroxylation is 1. The zero-order chi connectivity index (χ0) is 14.8. The monoisotopic (exact) mass is 277 g/mol. The fourth-order valence-electron chi connectivity index (χ4n) is 2.17. The molecule has 0 spiro atoms. The Morgan fingerprint density at radius 2 is 1.90 bits per heavy atom. The van der Waals surface area contributed by atoms with Crippen LogP contribution in [0.1, 0.15) is 11.1 Å². The Morgan fingerprint density at radius 3 is 2.57 bits per heavy atom. The average Bonchev–Trinajstić information content (AvgIpc) is 2.95. The molecule has 0 N–H and O–H groups in total. The molecule has 2 aromatic carbocycles. The van der Waals surface area contributed by atoms with E-state index >= 15 is 0 Å². The van der Waals surface area contributed by atoms with Crippen LogP contribution in [0.25, 0.3) is 16.9 Å². The van der Waals surface area contributed by atoms with Gasteiger partial charge in [0.25, 0.3) is 0 Å². The van der Waals surface area contributed by atoms with Gasteiger partial charge in [0.1, 0.15) is 17.6 Å². The Bertz CT molecular complexity index is 829. The number of benzene rings is 2. The molecule has 0 amide bonds. The van der Waals surface area contributed by atoms with Gasteiger partial charge in [0.15, 0.2) is 0 Å². The summed E-state index contributed by atoms with van der Waals surface area (Å²) in [6.45, 7) is 1.69. The van der Waals surface area contributed by atoms with Gasteiger partial charge in [-0.1, -0.05) is 18.2 Å². The Kier molecular flexibility index (Phi) is 3.25. The molecule has 0 aliphatic carbocycles. The van der Waals surface area contributed by atoms with Crippen LogP contribution in [0.4, 0.5) is 4.39 Å². The highest BCUT2D eigenvalue weighted by atomic mass is 19.1. The zero-order valence-electron chi connectivity index (χ0n) is 11.4. The molecular formula is C17H12FN3. The van der Waals surface area contributed by atoms with Crippen molar-refractivity contribution >= 4 is 0 Å². The van der Waals surface area contributed by atoms with Crippen molar-refractivity contribution in [2.75, 3.05) is 0 Å². The number of halogens is 1. The lowest BCUT2D eigenvalue weighted by Gasteiger charge is -2.02. The fraction of sp³-hybridized carbons (Fsp3) is 0.0588. The number of para-hydroxylation sites is 1. The van der Waals surface area contributed by atoms with Crippen LogP contribution in [-0.2, 0) is 0 Å². The smallest absolute Gasteiger partial charge is 0.126 e. The summed E-state index contributed by atoms with van der Waals surface area (Å²) in [4.78, 5) is 0. The first-order chi connectivity index (χ1) is 10.2. The highest BCUT2D eigenvalue weighted by molar-refractivity contribution is 5.67. The quantitative estimate of drug-likeness (QED) is 0.713. The van der Waals surface area contributed by atoms with Gasteiger partial charge in [0, 0.05) is 11.8 Å². The van der Waals surface area contributed by atoms with E-state index in [1.54, 1.807) is 29.9 Å². The van der Waals surface area contributed by atoms with Crippen molar-refractivity contribution in [3.63, 3.8) is 0 Å². The molecule has 0 saturated heterocycles. The van der Waals surface area contributed by atoms with Gasteiger partial charge in [-0.25, -0.2) is 9.07 Å². The Labute approximate surface area is 121 Å². The maximum atomic E-state index is 13.4. The first-order valence-electron chi connectivity index (χ1n) is 6.51. The molecule has 3 rings (SSSR count). The molecule has 3 nitrogen and oxygen atoms in total. The molecule has 0 atom stereocenters. The van der Waals surface area contributed by atoms with Gasteiger partial charge in [-0.15, -0.1) is 0 Å². The summed E-state index contributed by atoms with van der Waals surface area (Å²) in [5.74, 6) is -0.264. The highest BCUT2D eigenvalue weighted by Gasteiger charge is 2.13. The SMILES string of the molecule is Cc1cc(-c2nn(-c3ccccc3)cc2C#N)ccc1F. The second-order valence-electron chi connectivity index (χ2n) is 4.75. The summed E-state index contributed by atoms with van der Waals surface area (Å²) in [6.07, 6.45) is 1.68. The predicted molar refractivity (Wildman–Crippen MR) is 78.4 cm³/mol. The van der Waals surface area contributed by atoms with Crippen molar-refractivity contribution in [3.8, 4) is 23.0 Å². The van der Waals surface area contributed by atoms with E-state index in [9.17, 15) is 9.65 Å². The number of rotatable bonds is 2. The molecule has 4 heteroatoms. The molecule has 3 aromatic rings. The van der Waals surface area contributed by atoms with Gasteiger partial charge in [-0.05, 0) is 42.8 Å². The van der Waals surface area contributed by atoms with E-state index in [4.69, 9.17) is 0 Å². The molecule has 0 bridgehead atoms. The lowest BCUT2D eigenvalue weighted by atomic mass is 10.1. The van der Waals surface area contributed by atoms with Crippen molar-refractivity contribution in [2.24, 2.45) is 0 Å². The third kappa shape index (κ3) is 2.41. The summed E-state index contributed by atoms with van der Waals surface area (Å²) in [5, 5.41) is 13.8. The van der Waals surface area contributed by atoms with Crippen LogP contribution in [0.15, 0.2) is 54.7 Å². The molecule has 102 valence electrons. The first-order valence-corrected chi connectivity index (χ1v) is 6.51. The number of hydrogen-bond acceptors (Lipinski definition) is 2. The first kappa shape index (κ1) is 13.1.